The fourth-order valence-electron chi connectivity index (χ4n) is 1.53. The molecule has 0 rings (SSSR count). The highest BCUT2D eigenvalue weighted by molar-refractivity contribution is 4.80. The van der Waals surface area contributed by atoms with Crippen LogP contribution < -0.4 is 0 Å². The van der Waals surface area contributed by atoms with E-state index in [2.05, 4.69) is 13.8 Å². The van der Waals surface area contributed by atoms with Gasteiger partial charge in [-0.3, -0.25) is 0 Å². The molecule has 0 aromatic heterocycles. The van der Waals surface area contributed by atoms with Crippen molar-refractivity contribution >= 4 is 0 Å². The average molecular weight is 174 g/mol. The van der Waals surface area contributed by atoms with Crippen molar-refractivity contribution in [2.75, 3.05) is 6.61 Å². The predicted molar refractivity (Wildman–Crippen MR) is 51.0 cm³/mol. The summed E-state index contributed by atoms with van der Waals surface area (Å²) in [5.41, 5.74) is -0.885. The Balaban J connectivity index is 3.95. The fraction of sp³-hybridized carbons (Fsp3) is 1.00. The van der Waals surface area contributed by atoms with Gasteiger partial charge in [0.05, 0.1) is 12.2 Å². The van der Waals surface area contributed by atoms with E-state index >= 15 is 0 Å². The lowest BCUT2D eigenvalue weighted by Gasteiger charge is -2.30. The zero-order valence-corrected chi connectivity index (χ0v) is 8.51. The van der Waals surface area contributed by atoms with Crippen LogP contribution in [0, 0.1) is 5.92 Å². The van der Waals surface area contributed by atoms with Gasteiger partial charge < -0.3 is 10.2 Å². The van der Waals surface area contributed by atoms with E-state index in [-0.39, 0.29) is 12.5 Å². The van der Waals surface area contributed by atoms with Crippen LogP contribution in [0.5, 0.6) is 0 Å². The molecular weight excluding hydrogens is 152 g/mol. The molecular formula is C10H22O2. The van der Waals surface area contributed by atoms with Crippen LogP contribution in [0.25, 0.3) is 0 Å². The fourth-order valence-corrected chi connectivity index (χ4v) is 1.53. The molecule has 0 saturated heterocycles. The van der Waals surface area contributed by atoms with Crippen molar-refractivity contribution in [3.05, 3.63) is 0 Å². The number of hydrogen-bond acceptors (Lipinski definition) is 2. The first-order chi connectivity index (χ1) is 5.58. The Morgan fingerprint density at radius 3 is 2.25 bits per heavy atom. The Morgan fingerprint density at radius 1 is 1.33 bits per heavy atom. The molecule has 2 N–H and O–H groups in total. The summed E-state index contributed by atoms with van der Waals surface area (Å²) in [5, 5.41) is 18.7. The summed E-state index contributed by atoms with van der Waals surface area (Å²) >= 11 is 0. The summed E-state index contributed by atoms with van der Waals surface area (Å²) in [6.07, 6.45) is 4.24. The molecule has 0 radical (unpaired) electrons. The second-order valence-corrected chi connectivity index (χ2v) is 3.76. The largest absolute Gasteiger partial charge is 0.393 e. The lowest BCUT2D eigenvalue weighted by molar-refractivity contribution is -0.0511. The maximum absolute atomic E-state index is 9.76. The van der Waals surface area contributed by atoms with E-state index in [1.165, 1.54) is 0 Å². The van der Waals surface area contributed by atoms with E-state index in [1.54, 1.807) is 6.92 Å². The Morgan fingerprint density at radius 2 is 1.92 bits per heavy atom. The molecule has 0 aromatic carbocycles. The molecule has 0 bridgehead atoms. The highest BCUT2D eigenvalue weighted by Gasteiger charge is 2.28. The molecule has 0 saturated carbocycles. The van der Waals surface area contributed by atoms with Crippen LogP contribution in [-0.4, -0.2) is 22.4 Å². The van der Waals surface area contributed by atoms with Gasteiger partial charge in [0, 0.05) is 0 Å². The molecule has 12 heavy (non-hydrogen) atoms. The molecule has 0 heterocycles. The SMILES string of the molecule is CCCC[C@H](CC)[C@](C)(O)CO. The zero-order chi connectivity index (χ0) is 9.61. The van der Waals surface area contributed by atoms with Gasteiger partial charge in [0.25, 0.3) is 0 Å². The van der Waals surface area contributed by atoms with Crippen LogP contribution in [0.1, 0.15) is 46.5 Å². The van der Waals surface area contributed by atoms with Crippen LogP contribution in [0.15, 0.2) is 0 Å². The van der Waals surface area contributed by atoms with Gasteiger partial charge in [-0.1, -0.05) is 33.1 Å². The van der Waals surface area contributed by atoms with Crippen LogP contribution in [0.4, 0.5) is 0 Å². The molecule has 2 atom stereocenters. The van der Waals surface area contributed by atoms with Gasteiger partial charge in [0.15, 0.2) is 0 Å². The molecule has 2 nitrogen and oxygen atoms in total. The third kappa shape index (κ3) is 3.55. The summed E-state index contributed by atoms with van der Waals surface area (Å²) in [4.78, 5) is 0. The van der Waals surface area contributed by atoms with E-state index in [0.717, 1.165) is 25.7 Å². The highest BCUT2D eigenvalue weighted by atomic mass is 16.3. The first kappa shape index (κ1) is 11.9. The molecule has 0 unspecified atom stereocenters. The van der Waals surface area contributed by atoms with E-state index in [4.69, 9.17) is 5.11 Å². The second kappa shape index (κ2) is 5.55. The molecule has 0 aromatic rings. The quantitative estimate of drug-likeness (QED) is 0.646. The molecule has 0 fully saturated rings. The normalized spacial score (nSPS) is 18.8. The number of unbranched alkanes of at least 4 members (excludes halogenated alkanes) is 1. The van der Waals surface area contributed by atoms with Crippen LogP contribution in [0.3, 0.4) is 0 Å². The van der Waals surface area contributed by atoms with Crippen molar-refractivity contribution in [1.29, 1.82) is 0 Å². The van der Waals surface area contributed by atoms with Gasteiger partial charge >= 0.3 is 0 Å². The van der Waals surface area contributed by atoms with Crippen molar-refractivity contribution < 1.29 is 10.2 Å². The molecule has 0 aliphatic heterocycles. The zero-order valence-electron chi connectivity index (χ0n) is 8.51. The van der Waals surface area contributed by atoms with Gasteiger partial charge in [0.2, 0.25) is 0 Å². The Kier molecular flexibility index (Phi) is 5.51. The minimum Gasteiger partial charge on any atom is -0.393 e. The van der Waals surface area contributed by atoms with E-state index in [1.807, 2.05) is 0 Å². The van der Waals surface area contributed by atoms with Crippen LogP contribution in [-0.2, 0) is 0 Å². The molecule has 0 aliphatic carbocycles. The number of rotatable bonds is 6. The summed E-state index contributed by atoms with van der Waals surface area (Å²) in [6.45, 7) is 5.79. The first-order valence-electron chi connectivity index (χ1n) is 4.91. The summed E-state index contributed by atoms with van der Waals surface area (Å²) in [5.74, 6) is 0.238. The summed E-state index contributed by atoms with van der Waals surface area (Å²) in [7, 11) is 0. The lowest BCUT2D eigenvalue weighted by atomic mass is 9.84. The molecule has 2 heteroatoms. The van der Waals surface area contributed by atoms with E-state index in [9.17, 15) is 5.11 Å². The maximum atomic E-state index is 9.76. The lowest BCUT2D eigenvalue weighted by Crippen LogP contribution is -2.38. The number of aliphatic hydroxyl groups excluding tert-OH is 1. The van der Waals surface area contributed by atoms with Gasteiger partial charge in [-0.2, -0.15) is 0 Å². The van der Waals surface area contributed by atoms with Gasteiger partial charge in [0.1, 0.15) is 0 Å². The maximum Gasteiger partial charge on any atom is 0.0877 e. The van der Waals surface area contributed by atoms with Crippen molar-refractivity contribution in [3.8, 4) is 0 Å². The van der Waals surface area contributed by atoms with E-state index in [0.29, 0.717) is 0 Å². The van der Waals surface area contributed by atoms with E-state index < -0.39 is 5.60 Å². The van der Waals surface area contributed by atoms with Crippen molar-refractivity contribution in [2.24, 2.45) is 5.92 Å². The summed E-state index contributed by atoms with van der Waals surface area (Å²) < 4.78 is 0. The Hall–Kier alpha value is -0.0800. The predicted octanol–water partition coefficient (Wildman–Crippen LogP) is 1.95. The number of hydrogen-bond donors (Lipinski definition) is 2. The monoisotopic (exact) mass is 174 g/mol. The average Bonchev–Trinajstić information content (AvgIpc) is 2.05. The first-order valence-corrected chi connectivity index (χ1v) is 4.91. The standard InChI is InChI=1S/C10H22O2/c1-4-6-7-9(5-2)10(3,12)8-11/h9,11-12H,4-8H2,1-3H3/t9-,10+/m0/s1. The minimum absolute atomic E-state index is 0.130. The van der Waals surface area contributed by atoms with Crippen molar-refractivity contribution in [3.63, 3.8) is 0 Å². The minimum atomic E-state index is -0.885. The van der Waals surface area contributed by atoms with Crippen LogP contribution in [0.2, 0.25) is 0 Å². The molecule has 74 valence electrons. The Bertz CT molecular complexity index is 110. The number of aliphatic hydroxyl groups is 2. The molecule has 0 aliphatic rings. The van der Waals surface area contributed by atoms with Crippen molar-refractivity contribution in [1.82, 2.24) is 0 Å². The molecule has 0 amide bonds. The topological polar surface area (TPSA) is 40.5 Å². The third-order valence-electron chi connectivity index (χ3n) is 2.60. The van der Waals surface area contributed by atoms with Crippen molar-refractivity contribution in [2.45, 2.75) is 52.1 Å². The highest BCUT2D eigenvalue weighted by Crippen LogP contribution is 2.25. The van der Waals surface area contributed by atoms with Gasteiger partial charge in [-0.25, -0.2) is 0 Å². The smallest absolute Gasteiger partial charge is 0.0877 e. The Labute approximate surface area is 75.6 Å². The second-order valence-electron chi connectivity index (χ2n) is 3.76. The summed E-state index contributed by atoms with van der Waals surface area (Å²) in [6, 6.07) is 0. The van der Waals surface area contributed by atoms with Crippen LogP contribution >= 0.6 is 0 Å². The molecule has 0 spiro atoms. The van der Waals surface area contributed by atoms with Gasteiger partial charge in [-0.15, -0.1) is 0 Å². The van der Waals surface area contributed by atoms with Gasteiger partial charge in [-0.05, 0) is 19.3 Å². The third-order valence-corrected chi connectivity index (χ3v) is 2.60.